The maximum atomic E-state index is 12.2. The minimum atomic E-state index is -1.58. The molecule has 1 spiro atoms. The number of fused-ring (bicyclic) bond motifs is 4. The maximum Gasteiger partial charge on any atom is 0.356 e. The van der Waals surface area contributed by atoms with E-state index in [-0.39, 0.29) is 11.1 Å². The number of aliphatic imine (C=N–C) groups is 1. The molecule has 0 saturated carbocycles. The fourth-order valence-corrected chi connectivity index (χ4v) is 5.14. The molecule has 2 aliphatic carbocycles. The van der Waals surface area contributed by atoms with Gasteiger partial charge >= 0.3 is 11.9 Å². The van der Waals surface area contributed by atoms with Crippen molar-refractivity contribution in [2.45, 2.75) is 28.8 Å². The van der Waals surface area contributed by atoms with Crippen molar-refractivity contribution in [2.75, 3.05) is 0 Å². The summed E-state index contributed by atoms with van der Waals surface area (Å²) < 4.78 is 0. The van der Waals surface area contributed by atoms with Crippen LogP contribution in [0.15, 0.2) is 41.4 Å². The van der Waals surface area contributed by atoms with Crippen LogP contribution < -0.4 is 40.5 Å². The summed E-state index contributed by atoms with van der Waals surface area (Å²) >= 11 is 0. The lowest BCUT2D eigenvalue weighted by Crippen LogP contribution is -2.68. The van der Waals surface area contributed by atoms with Crippen LogP contribution in [0.2, 0.25) is 0 Å². The van der Waals surface area contributed by atoms with Crippen LogP contribution in [0.3, 0.4) is 0 Å². The summed E-state index contributed by atoms with van der Waals surface area (Å²) in [7, 11) is 0. The van der Waals surface area contributed by atoms with E-state index in [0.717, 1.165) is 0 Å². The quantitative estimate of drug-likeness (QED) is 0.150. The Labute approximate surface area is 182 Å². The molecule has 32 heavy (non-hydrogen) atoms. The molecular weight excluding hydrogens is 416 g/mol. The Hall–Kier alpha value is -3.23. The van der Waals surface area contributed by atoms with Crippen LogP contribution >= 0.6 is 0 Å². The lowest BCUT2D eigenvalue weighted by Gasteiger charge is -2.41. The standard InChI is InChI=1S/C20H24N8O4/c1-28-20(25)11-5-3-9(15(30)32-27)7-13(11)18(17(20)22)12-6-8(14(29)31-26)2-4-10(12)19(23,24)16(18)21/h2-7,16-17H,1,21-27H2. The Kier molecular flexibility index (Phi) is 4.73. The zero-order valence-corrected chi connectivity index (χ0v) is 16.9. The Morgan fingerprint density at radius 2 is 1.28 bits per heavy atom. The maximum absolute atomic E-state index is 12.2. The van der Waals surface area contributed by atoms with Gasteiger partial charge in [-0.2, -0.15) is 11.8 Å². The average molecular weight is 440 g/mol. The number of hydrogen-bond acceptors (Lipinski definition) is 12. The first kappa shape index (κ1) is 22.0. The Morgan fingerprint density at radius 1 is 0.812 bits per heavy atom. The van der Waals surface area contributed by atoms with E-state index in [2.05, 4.69) is 21.4 Å². The second-order valence-corrected chi connectivity index (χ2v) is 8.07. The van der Waals surface area contributed by atoms with Gasteiger partial charge in [-0.05, 0) is 53.2 Å². The van der Waals surface area contributed by atoms with Crippen LogP contribution in [0.1, 0.15) is 43.0 Å². The molecule has 168 valence electrons. The molecule has 0 heterocycles. The lowest BCUT2D eigenvalue weighted by molar-refractivity contribution is 0.0495. The number of nitrogens with zero attached hydrogens (tertiary/aromatic N) is 1. The van der Waals surface area contributed by atoms with Gasteiger partial charge in [0, 0.05) is 0 Å². The normalized spacial score (nSPS) is 29.3. The van der Waals surface area contributed by atoms with Crippen molar-refractivity contribution in [3.63, 3.8) is 0 Å². The van der Waals surface area contributed by atoms with E-state index in [1.807, 2.05) is 0 Å². The van der Waals surface area contributed by atoms with Crippen molar-refractivity contribution in [3.05, 3.63) is 69.8 Å². The molecule has 4 atom stereocenters. The summed E-state index contributed by atoms with van der Waals surface area (Å²) in [5, 5.41) is 0. The van der Waals surface area contributed by atoms with Gasteiger partial charge in [0.05, 0.1) is 28.6 Å². The molecule has 4 rings (SSSR count). The molecule has 0 bridgehead atoms. The molecule has 2 aromatic rings. The number of carbonyl (C=O) groups excluding carboxylic acids is 2. The highest BCUT2D eigenvalue weighted by Crippen LogP contribution is 2.58. The minimum absolute atomic E-state index is 0.114. The predicted octanol–water partition coefficient (Wildman–Crippen LogP) is -2.40. The largest absolute Gasteiger partial charge is 0.370 e. The number of nitrogens with two attached hydrogens (primary N) is 7. The second kappa shape index (κ2) is 6.88. The second-order valence-electron chi connectivity index (χ2n) is 8.07. The fourth-order valence-electron chi connectivity index (χ4n) is 5.14. The topological polar surface area (TPSA) is 247 Å². The number of benzene rings is 2. The van der Waals surface area contributed by atoms with E-state index in [1.165, 1.54) is 24.3 Å². The van der Waals surface area contributed by atoms with E-state index in [4.69, 9.17) is 40.5 Å². The van der Waals surface area contributed by atoms with Crippen LogP contribution in [0.4, 0.5) is 0 Å². The van der Waals surface area contributed by atoms with Crippen LogP contribution in [0, 0.1) is 0 Å². The van der Waals surface area contributed by atoms with Gasteiger partial charge in [0.1, 0.15) is 11.3 Å². The van der Waals surface area contributed by atoms with E-state index in [9.17, 15) is 9.59 Å². The van der Waals surface area contributed by atoms with Crippen molar-refractivity contribution in [3.8, 4) is 0 Å². The molecule has 0 amide bonds. The molecule has 0 fully saturated rings. The Balaban J connectivity index is 2.13. The smallest absolute Gasteiger partial charge is 0.356 e. The van der Waals surface area contributed by atoms with Gasteiger partial charge < -0.3 is 38.3 Å². The monoisotopic (exact) mass is 440 g/mol. The first-order valence-electron chi connectivity index (χ1n) is 9.49. The third kappa shape index (κ3) is 2.42. The van der Waals surface area contributed by atoms with Crippen LogP contribution in [-0.4, -0.2) is 30.7 Å². The third-order valence-electron chi connectivity index (χ3n) is 6.75. The lowest BCUT2D eigenvalue weighted by atomic mass is 9.69. The van der Waals surface area contributed by atoms with Crippen molar-refractivity contribution >= 4 is 18.7 Å². The van der Waals surface area contributed by atoms with Gasteiger partial charge in [-0.15, -0.1) is 0 Å². The van der Waals surface area contributed by atoms with Crippen molar-refractivity contribution in [2.24, 2.45) is 45.5 Å². The molecule has 0 aromatic heterocycles. The third-order valence-corrected chi connectivity index (χ3v) is 6.75. The summed E-state index contributed by atoms with van der Waals surface area (Å²) in [4.78, 5) is 37.1. The highest BCUT2D eigenvalue weighted by atomic mass is 16.7. The van der Waals surface area contributed by atoms with Crippen molar-refractivity contribution in [1.29, 1.82) is 0 Å². The van der Waals surface area contributed by atoms with Crippen molar-refractivity contribution < 1.29 is 19.3 Å². The summed E-state index contributed by atoms with van der Waals surface area (Å²) in [6, 6.07) is 6.98. The molecule has 14 N–H and O–H groups in total. The van der Waals surface area contributed by atoms with Gasteiger partial charge in [-0.25, -0.2) is 9.59 Å². The molecule has 0 saturated heterocycles. The summed E-state index contributed by atoms with van der Waals surface area (Å²) in [5.41, 5.74) is 30.5. The van der Waals surface area contributed by atoms with Crippen LogP contribution in [0.25, 0.3) is 0 Å². The number of carbonyl (C=O) groups is 2. The zero-order valence-electron chi connectivity index (χ0n) is 16.9. The first-order chi connectivity index (χ1) is 15.0. The molecule has 4 unspecified atom stereocenters. The summed E-state index contributed by atoms with van der Waals surface area (Å²) in [6.07, 6.45) is 0. The van der Waals surface area contributed by atoms with Gasteiger partial charge in [-0.3, -0.25) is 4.99 Å². The highest BCUT2D eigenvalue weighted by molar-refractivity contribution is 5.91. The van der Waals surface area contributed by atoms with Gasteiger partial charge in [0.25, 0.3) is 0 Å². The van der Waals surface area contributed by atoms with Crippen molar-refractivity contribution in [1.82, 2.24) is 0 Å². The van der Waals surface area contributed by atoms with Gasteiger partial charge in [-0.1, -0.05) is 12.1 Å². The Morgan fingerprint density at radius 3 is 1.75 bits per heavy atom. The van der Waals surface area contributed by atoms with E-state index in [0.29, 0.717) is 22.3 Å². The van der Waals surface area contributed by atoms with Gasteiger partial charge in [0.2, 0.25) is 0 Å². The molecule has 12 heteroatoms. The number of rotatable bonds is 3. The van der Waals surface area contributed by atoms with Crippen LogP contribution in [0.5, 0.6) is 0 Å². The summed E-state index contributed by atoms with van der Waals surface area (Å²) in [5.74, 6) is 8.53. The Bertz CT molecular complexity index is 1170. The minimum Gasteiger partial charge on any atom is -0.370 e. The van der Waals surface area contributed by atoms with E-state index in [1.54, 1.807) is 12.1 Å². The average Bonchev–Trinajstić information content (AvgIpc) is 3.11. The van der Waals surface area contributed by atoms with Gasteiger partial charge in [0.15, 0.2) is 0 Å². The first-order valence-corrected chi connectivity index (χ1v) is 9.49. The predicted molar refractivity (Wildman–Crippen MR) is 114 cm³/mol. The van der Waals surface area contributed by atoms with E-state index < -0.39 is 40.8 Å². The number of hydrogen-bond donors (Lipinski definition) is 7. The summed E-state index contributed by atoms with van der Waals surface area (Å²) in [6.45, 7) is 3.61. The SMILES string of the molecule is C=NC1(N)c2ccc(C(=O)ON)cc2C2(c3cc(C(=O)ON)ccc3C(N)(N)C2N)C1N. The molecule has 2 aliphatic rings. The molecule has 0 aliphatic heterocycles. The van der Waals surface area contributed by atoms with Crippen LogP contribution in [-0.2, 0) is 26.4 Å². The fraction of sp³-hybridized carbons (Fsp3) is 0.250. The van der Waals surface area contributed by atoms with E-state index >= 15 is 0 Å². The zero-order chi connectivity index (χ0) is 23.6. The molecule has 2 aromatic carbocycles. The highest BCUT2D eigenvalue weighted by Gasteiger charge is 2.68. The molecule has 0 radical (unpaired) electrons. The molecule has 12 nitrogen and oxygen atoms in total. The molecular formula is C20H24N8O4.